The molecule has 3 N–H and O–H groups in total. The Labute approximate surface area is 163 Å². The zero-order valence-corrected chi connectivity index (χ0v) is 15.8. The van der Waals surface area contributed by atoms with Crippen molar-refractivity contribution >= 4 is 24.9 Å². The Kier molecular flexibility index (Phi) is 4.02. The molecule has 0 spiro atoms. The first-order valence-electron chi connectivity index (χ1n) is 8.78. The number of benzene rings is 1. The number of aliphatic hydroxyl groups excluding tert-OH is 1. The lowest BCUT2D eigenvalue weighted by Gasteiger charge is -2.18. The van der Waals surface area contributed by atoms with Gasteiger partial charge in [-0.3, -0.25) is 9.42 Å². The molecule has 2 bridgehead atoms. The molecule has 1 unspecified atom stereocenters. The summed E-state index contributed by atoms with van der Waals surface area (Å²) in [6.45, 7) is -0.165. The molecular weight excluding hydrogens is 405 g/mol. The van der Waals surface area contributed by atoms with Gasteiger partial charge in [0.25, 0.3) is 0 Å². The second-order valence-corrected chi connectivity index (χ2v) is 7.93. The Hall–Kier alpha value is -3.08. The minimum absolute atomic E-state index is 0.0791. The van der Waals surface area contributed by atoms with Crippen LogP contribution < -0.4 is 25.0 Å². The van der Waals surface area contributed by atoms with E-state index in [1.807, 2.05) is 0 Å². The lowest BCUT2D eigenvalue weighted by molar-refractivity contribution is -0.0226. The van der Waals surface area contributed by atoms with Gasteiger partial charge in [-0.2, -0.15) is 14.5 Å². The summed E-state index contributed by atoms with van der Waals surface area (Å²) in [7, 11) is -4.30. The van der Waals surface area contributed by atoms with Gasteiger partial charge in [0, 0.05) is 0 Å². The first kappa shape index (κ1) is 18.0. The van der Waals surface area contributed by atoms with Crippen LogP contribution in [0.5, 0.6) is 11.8 Å². The number of hydrogen-bond acceptors (Lipinski definition) is 10. The van der Waals surface area contributed by atoms with Crippen LogP contribution in [0, 0.1) is 0 Å². The fourth-order valence-electron chi connectivity index (χ4n) is 3.33. The average molecular weight is 421 g/mol. The van der Waals surface area contributed by atoms with E-state index < -0.39 is 25.7 Å². The normalized spacial score (nSPS) is 25.6. The molecule has 13 heteroatoms. The van der Waals surface area contributed by atoms with Gasteiger partial charge in [0.05, 0.1) is 12.7 Å². The number of anilines is 1. The fraction of sp³-hybridized carbons (Fsp3) is 0.312. The summed E-state index contributed by atoms with van der Waals surface area (Å²) < 4.78 is 37.8. The Bertz CT molecular complexity index is 1190. The van der Waals surface area contributed by atoms with E-state index >= 15 is 0 Å². The van der Waals surface area contributed by atoms with E-state index in [-0.39, 0.29) is 35.5 Å². The van der Waals surface area contributed by atoms with Crippen LogP contribution in [0.1, 0.15) is 19.1 Å². The van der Waals surface area contributed by atoms with Gasteiger partial charge in [0.15, 0.2) is 11.2 Å². The van der Waals surface area contributed by atoms with E-state index in [0.29, 0.717) is 12.8 Å². The third-order valence-electron chi connectivity index (χ3n) is 4.58. The maximum atomic E-state index is 13.3. The number of fused-ring (bicyclic) bond motifs is 1. The number of hydrogen-bond donors (Lipinski definition) is 2. The highest BCUT2D eigenvalue weighted by Gasteiger charge is 2.43. The molecule has 2 aliphatic rings. The fourth-order valence-corrected chi connectivity index (χ4v) is 4.50. The number of para-hydroxylation sites is 1. The van der Waals surface area contributed by atoms with Crippen molar-refractivity contribution in [2.45, 2.75) is 25.2 Å². The third kappa shape index (κ3) is 2.92. The number of phosphoric acid groups is 1. The number of rotatable bonds is 4. The summed E-state index contributed by atoms with van der Waals surface area (Å²) in [5.41, 5.74) is 5.16. The highest BCUT2D eigenvalue weighted by atomic mass is 31.2. The van der Waals surface area contributed by atoms with Crippen LogP contribution in [0.2, 0.25) is 0 Å². The number of ether oxygens (including phenoxy) is 1. The molecule has 0 amide bonds. The summed E-state index contributed by atoms with van der Waals surface area (Å²) in [6, 6.07) is 8.09. The zero-order valence-electron chi connectivity index (χ0n) is 14.9. The number of imidazole rings is 1. The van der Waals surface area contributed by atoms with Crippen molar-refractivity contribution in [3.63, 3.8) is 0 Å². The molecule has 1 aromatic carbocycles. The number of nitrogens with two attached hydrogens (primary N) is 1. The van der Waals surface area contributed by atoms with E-state index in [9.17, 15) is 14.5 Å². The second kappa shape index (κ2) is 6.48. The molecule has 2 aromatic heterocycles. The van der Waals surface area contributed by atoms with Crippen molar-refractivity contribution in [3.05, 3.63) is 40.7 Å². The van der Waals surface area contributed by atoms with Crippen LogP contribution in [0.3, 0.4) is 0 Å². The molecule has 29 heavy (non-hydrogen) atoms. The van der Waals surface area contributed by atoms with Gasteiger partial charge in [-0.1, -0.05) is 18.2 Å². The molecule has 2 aliphatic heterocycles. The van der Waals surface area contributed by atoms with Gasteiger partial charge in [0.1, 0.15) is 12.0 Å². The van der Waals surface area contributed by atoms with Crippen LogP contribution in [-0.4, -0.2) is 37.1 Å². The van der Waals surface area contributed by atoms with E-state index in [2.05, 4.69) is 9.97 Å². The van der Waals surface area contributed by atoms with Gasteiger partial charge in [-0.25, -0.2) is 4.57 Å². The number of nitrogens with zero attached hydrogens (tertiary/aromatic N) is 4. The summed E-state index contributed by atoms with van der Waals surface area (Å²) in [5, 5.41) is 9.37. The Morgan fingerprint density at radius 1 is 1.28 bits per heavy atom. The predicted molar refractivity (Wildman–Crippen MR) is 98.3 cm³/mol. The predicted octanol–water partition coefficient (Wildman–Crippen LogP) is 0.853. The highest BCUT2D eigenvalue weighted by Crippen LogP contribution is 2.50. The molecule has 4 heterocycles. The maximum Gasteiger partial charge on any atom is 0.669 e. The van der Waals surface area contributed by atoms with Crippen LogP contribution in [0.15, 0.2) is 35.1 Å². The van der Waals surface area contributed by atoms with Gasteiger partial charge >= 0.3 is 19.4 Å². The lowest BCUT2D eigenvalue weighted by Crippen LogP contribution is -2.25. The number of aromatic nitrogens is 4. The Morgan fingerprint density at radius 2 is 2.07 bits per heavy atom. The number of aliphatic hydroxyl groups is 1. The highest BCUT2D eigenvalue weighted by molar-refractivity contribution is 7.49. The lowest BCUT2D eigenvalue weighted by atomic mass is 10.2. The summed E-state index contributed by atoms with van der Waals surface area (Å²) in [6.07, 6.45) is 0.0300. The first-order chi connectivity index (χ1) is 14.0. The van der Waals surface area contributed by atoms with Crippen molar-refractivity contribution < 1.29 is 28.1 Å². The molecule has 1 fully saturated rings. The van der Waals surface area contributed by atoms with Crippen LogP contribution in [0.25, 0.3) is 11.2 Å². The van der Waals surface area contributed by atoms with Crippen molar-refractivity contribution in [2.75, 3.05) is 12.3 Å². The molecule has 3 aromatic rings. The minimum atomic E-state index is -4.30. The average Bonchev–Trinajstić information content (AvgIpc) is 3.27. The first-order valence-corrected chi connectivity index (χ1v) is 10.2. The van der Waals surface area contributed by atoms with Crippen molar-refractivity contribution in [1.29, 1.82) is 0 Å². The molecule has 0 aliphatic carbocycles. The van der Waals surface area contributed by atoms with Crippen LogP contribution in [-0.2, 0) is 9.30 Å². The van der Waals surface area contributed by atoms with E-state index in [0.717, 1.165) is 4.73 Å². The summed E-state index contributed by atoms with van der Waals surface area (Å²) in [5.74, 6) is -0.120. The standard InChI is InChI=1S/C16H16N5O7P/c17-15-19-13(23)12-14-20(11-7-6-10(8-22)25-11)16(18-12)27-29(24,28-21(14)15)26-9-4-2-1-3-5-9/h1-5,10-11,22H,6-8H2,(H2,17,19,23)/t10-,11+,29?/m0/s1. The van der Waals surface area contributed by atoms with E-state index in [4.69, 9.17) is 24.1 Å². The second-order valence-electron chi connectivity index (χ2n) is 6.50. The molecule has 0 radical (unpaired) electrons. The SMILES string of the molecule is Nc1nc(=O)c2nc3n([C@H]4CC[C@@H](CO)O4)c2n1OP(=O)(Oc1ccccc1)O3. The molecule has 3 atom stereocenters. The Balaban J connectivity index is 1.65. The largest absolute Gasteiger partial charge is 0.669 e. The molecule has 0 saturated carbocycles. The molecule has 5 rings (SSSR count). The topological polar surface area (TPSA) is 153 Å². The minimum Gasteiger partial charge on any atom is -0.394 e. The molecule has 152 valence electrons. The van der Waals surface area contributed by atoms with Gasteiger partial charge < -0.3 is 24.6 Å². The third-order valence-corrected chi connectivity index (χ3v) is 5.77. The smallest absolute Gasteiger partial charge is 0.394 e. The van der Waals surface area contributed by atoms with Gasteiger partial charge in [-0.05, 0) is 25.0 Å². The number of nitrogen functional groups attached to an aromatic ring is 1. The van der Waals surface area contributed by atoms with Crippen molar-refractivity contribution in [1.82, 2.24) is 19.3 Å². The quantitative estimate of drug-likeness (QED) is 0.580. The monoisotopic (exact) mass is 421 g/mol. The maximum absolute atomic E-state index is 13.3. The van der Waals surface area contributed by atoms with Crippen molar-refractivity contribution in [3.8, 4) is 11.8 Å². The summed E-state index contributed by atoms with van der Waals surface area (Å²) >= 11 is 0. The summed E-state index contributed by atoms with van der Waals surface area (Å²) in [4.78, 5) is 20.1. The molecule has 12 nitrogen and oxygen atoms in total. The molecular formula is C16H16N5O7P. The Morgan fingerprint density at radius 3 is 2.79 bits per heavy atom. The van der Waals surface area contributed by atoms with Crippen LogP contribution in [0.4, 0.5) is 5.95 Å². The van der Waals surface area contributed by atoms with E-state index in [1.165, 1.54) is 4.57 Å². The van der Waals surface area contributed by atoms with E-state index in [1.54, 1.807) is 30.3 Å². The zero-order chi connectivity index (χ0) is 20.2. The molecule has 1 saturated heterocycles. The van der Waals surface area contributed by atoms with Crippen LogP contribution >= 0.6 is 7.82 Å². The number of phosphoric ester groups is 1. The van der Waals surface area contributed by atoms with Gasteiger partial charge in [-0.15, -0.1) is 4.73 Å². The van der Waals surface area contributed by atoms with Gasteiger partial charge in [0.2, 0.25) is 5.95 Å². The van der Waals surface area contributed by atoms with Crippen molar-refractivity contribution in [2.24, 2.45) is 0 Å².